The number of amides is 2. The van der Waals surface area contributed by atoms with Crippen molar-refractivity contribution in [3.63, 3.8) is 0 Å². The van der Waals surface area contributed by atoms with E-state index in [2.05, 4.69) is 39.9 Å². The van der Waals surface area contributed by atoms with E-state index in [9.17, 15) is 4.79 Å². The van der Waals surface area contributed by atoms with E-state index < -0.39 is 11.5 Å². The van der Waals surface area contributed by atoms with Gasteiger partial charge in [-0.25, -0.2) is 0 Å². The van der Waals surface area contributed by atoms with Crippen LogP contribution in [0.5, 0.6) is 0 Å². The summed E-state index contributed by atoms with van der Waals surface area (Å²) in [7, 11) is 1.51. The van der Waals surface area contributed by atoms with Crippen molar-refractivity contribution in [2.24, 2.45) is 23.7 Å². The standard InChI is InChI=1S/C15H29NO2.C2H4NO.Y/c1-7-9(2)11(4)13-12(5)10(3)8-15(6,18-13)14(16)17;1-3-2-4;/h9-13H,7-8H2,1-6H3,(H2,16,17);1H3,(H,3,4);/q;-1;/p-1/t9-,10?,11-,12?,13?,15?;;/m1../s1. The van der Waals surface area contributed by atoms with Gasteiger partial charge in [0.25, 0.3) is 0 Å². The molecule has 1 saturated heterocycles. The summed E-state index contributed by atoms with van der Waals surface area (Å²) in [4.78, 5) is 20.5. The molecule has 1 aliphatic rings. The van der Waals surface area contributed by atoms with E-state index in [0.29, 0.717) is 30.1 Å². The third-order valence-electron chi connectivity index (χ3n) is 5.17. The maximum atomic E-state index is 11.5. The van der Waals surface area contributed by atoms with Gasteiger partial charge in [-0.15, -0.1) is 0 Å². The first kappa shape index (κ1) is 25.2. The van der Waals surface area contributed by atoms with Gasteiger partial charge in [0.05, 0.1) is 12.0 Å². The largest absolute Gasteiger partial charge is 0.665 e. The summed E-state index contributed by atoms with van der Waals surface area (Å²) in [5.41, 5.74) is 6.54. The fraction of sp³-hybridized carbons (Fsp3) is 0.882. The number of ether oxygens (including phenoxy) is 1. The number of hydrogen-bond donors (Lipinski definition) is 1. The van der Waals surface area contributed by atoms with Crippen molar-refractivity contribution in [1.82, 2.24) is 5.32 Å². The zero-order valence-electron chi connectivity index (χ0n) is 15.6. The van der Waals surface area contributed by atoms with Gasteiger partial charge in [-0.3, -0.25) is 0 Å². The fourth-order valence-corrected chi connectivity index (χ4v) is 3.01. The Morgan fingerprint density at radius 3 is 2.26 bits per heavy atom. The summed E-state index contributed by atoms with van der Waals surface area (Å²) in [5, 5.41) is 2.12. The minimum absolute atomic E-state index is 0. The van der Waals surface area contributed by atoms with Gasteiger partial charge in [-0.2, -0.15) is 6.41 Å². The van der Waals surface area contributed by atoms with Crippen molar-refractivity contribution in [3.05, 3.63) is 5.73 Å². The molecule has 5 nitrogen and oxygen atoms in total. The zero-order valence-corrected chi connectivity index (χ0v) is 18.4. The molecule has 1 heterocycles. The van der Waals surface area contributed by atoms with Gasteiger partial charge in [0, 0.05) is 32.7 Å². The SMILES string of the molecule is CC[C@@H](C)[C@@H](C)C1OC(C)(C([NH-])=O)CC(C)C1C.CN[C-]=O.[Y]. The van der Waals surface area contributed by atoms with Gasteiger partial charge in [0.15, 0.2) is 0 Å². The van der Waals surface area contributed by atoms with Crippen LogP contribution in [0, 0.1) is 23.7 Å². The van der Waals surface area contributed by atoms with Crippen molar-refractivity contribution in [2.75, 3.05) is 7.05 Å². The van der Waals surface area contributed by atoms with E-state index in [0.717, 1.165) is 6.42 Å². The maximum Gasteiger partial charge on any atom is 0.107 e. The van der Waals surface area contributed by atoms with Crippen LogP contribution in [0.2, 0.25) is 0 Å². The van der Waals surface area contributed by atoms with Crippen molar-refractivity contribution < 1.29 is 47.0 Å². The zero-order chi connectivity index (χ0) is 17.5. The molecule has 0 aromatic heterocycles. The summed E-state index contributed by atoms with van der Waals surface area (Å²) in [5.74, 6) is 1.29. The normalized spacial score (nSPS) is 32.4. The van der Waals surface area contributed by atoms with E-state index in [1.165, 1.54) is 13.5 Å². The molecule has 0 bridgehead atoms. The second kappa shape index (κ2) is 11.5. The van der Waals surface area contributed by atoms with Crippen LogP contribution in [-0.2, 0) is 47.0 Å². The van der Waals surface area contributed by atoms with Crippen LogP contribution in [-0.4, -0.2) is 31.1 Å². The molecule has 1 radical (unpaired) electrons. The monoisotopic (exact) mass is 401 g/mol. The molecule has 2 N–H and O–H groups in total. The van der Waals surface area contributed by atoms with E-state index >= 15 is 0 Å². The molecule has 1 fully saturated rings. The summed E-state index contributed by atoms with van der Waals surface area (Å²) < 4.78 is 6.07. The molecule has 4 unspecified atom stereocenters. The maximum absolute atomic E-state index is 11.5. The Hall–Kier alpha value is 0.00390. The molecule has 0 saturated carbocycles. The van der Waals surface area contributed by atoms with Gasteiger partial charge >= 0.3 is 0 Å². The molecule has 0 spiro atoms. The predicted octanol–water partition coefficient (Wildman–Crippen LogP) is 3.34. The molecule has 133 valence electrons. The Morgan fingerprint density at radius 1 is 1.43 bits per heavy atom. The predicted molar refractivity (Wildman–Crippen MR) is 88.9 cm³/mol. The van der Waals surface area contributed by atoms with Gasteiger partial charge in [-0.1, -0.05) is 41.0 Å². The number of nitrogens with one attached hydrogen (secondary N) is 2. The summed E-state index contributed by atoms with van der Waals surface area (Å²) in [6, 6.07) is 0. The number of rotatable bonds is 5. The Bertz CT molecular complexity index is 368. The minimum Gasteiger partial charge on any atom is -0.665 e. The molecular weight excluding hydrogens is 369 g/mol. The van der Waals surface area contributed by atoms with Crippen LogP contribution in [0.3, 0.4) is 0 Å². The Kier molecular flexibility index (Phi) is 12.7. The molecule has 0 aliphatic carbocycles. The second-order valence-corrected chi connectivity index (χ2v) is 6.78. The quantitative estimate of drug-likeness (QED) is 0.567. The first-order valence-corrected chi connectivity index (χ1v) is 8.12. The first-order chi connectivity index (χ1) is 10.1. The fourth-order valence-electron chi connectivity index (χ4n) is 3.01. The molecule has 2 amide bonds. The molecule has 1 rings (SSSR count). The average molecular weight is 401 g/mol. The molecule has 0 aromatic carbocycles. The van der Waals surface area contributed by atoms with E-state index in [1.54, 1.807) is 6.92 Å². The molecular formula is C17H32N2O3Y-2. The number of carbonyl (C=O) groups excluding carboxylic acids is 2. The van der Waals surface area contributed by atoms with Gasteiger partial charge in [0.1, 0.15) is 5.60 Å². The second-order valence-electron chi connectivity index (χ2n) is 6.78. The van der Waals surface area contributed by atoms with Gasteiger partial charge < -0.3 is 25.4 Å². The molecule has 6 heteroatoms. The van der Waals surface area contributed by atoms with Crippen molar-refractivity contribution in [1.29, 1.82) is 0 Å². The van der Waals surface area contributed by atoms with E-state index in [1.807, 2.05) is 0 Å². The minimum atomic E-state index is -0.904. The van der Waals surface area contributed by atoms with Crippen LogP contribution in [0.15, 0.2) is 0 Å². The van der Waals surface area contributed by atoms with Crippen LogP contribution in [0.25, 0.3) is 5.73 Å². The molecule has 23 heavy (non-hydrogen) atoms. The Labute approximate surface area is 166 Å². The Balaban J connectivity index is 0. The summed E-state index contributed by atoms with van der Waals surface area (Å²) in [6.45, 7) is 12.8. The number of hydrogen-bond acceptors (Lipinski definition) is 3. The topological polar surface area (TPSA) is 79.2 Å². The van der Waals surface area contributed by atoms with E-state index in [-0.39, 0.29) is 38.8 Å². The first-order valence-electron chi connectivity index (χ1n) is 8.12. The van der Waals surface area contributed by atoms with Crippen LogP contribution in [0.1, 0.15) is 54.4 Å². The van der Waals surface area contributed by atoms with Crippen molar-refractivity contribution in [2.45, 2.75) is 66.1 Å². The van der Waals surface area contributed by atoms with Crippen LogP contribution >= 0.6 is 0 Å². The van der Waals surface area contributed by atoms with Gasteiger partial charge in [-0.05, 0) is 44.1 Å². The number of carbonyl (C=O) groups is 1. The molecule has 1 aliphatic heterocycles. The summed E-state index contributed by atoms with van der Waals surface area (Å²) >= 11 is 0. The third-order valence-corrected chi connectivity index (χ3v) is 5.17. The summed E-state index contributed by atoms with van der Waals surface area (Å²) in [6.07, 6.45) is 3.30. The molecule has 6 atom stereocenters. The van der Waals surface area contributed by atoms with E-state index in [4.69, 9.17) is 15.3 Å². The molecule has 0 aromatic rings. The van der Waals surface area contributed by atoms with Crippen LogP contribution in [0.4, 0.5) is 0 Å². The third kappa shape index (κ3) is 7.19. The van der Waals surface area contributed by atoms with Gasteiger partial charge in [0.2, 0.25) is 0 Å². The average Bonchev–Trinajstić information content (AvgIpc) is 2.49. The van der Waals surface area contributed by atoms with Crippen LogP contribution < -0.4 is 5.32 Å². The van der Waals surface area contributed by atoms with Crippen molar-refractivity contribution >= 4 is 12.3 Å². The smallest absolute Gasteiger partial charge is 0.107 e. The Morgan fingerprint density at radius 2 is 1.91 bits per heavy atom. The van der Waals surface area contributed by atoms with Crippen molar-refractivity contribution in [3.8, 4) is 0 Å².